The molecule has 22 heavy (non-hydrogen) atoms. The Morgan fingerprint density at radius 2 is 1.36 bits per heavy atom. The fourth-order valence-corrected chi connectivity index (χ4v) is 1.49. The van der Waals surface area contributed by atoms with Crippen LogP contribution < -0.4 is 0 Å². The second-order valence-electron chi connectivity index (χ2n) is 4.41. The molecule has 0 N–H and O–H groups in total. The van der Waals surface area contributed by atoms with Crippen molar-refractivity contribution in [2.24, 2.45) is 0 Å². The van der Waals surface area contributed by atoms with Gasteiger partial charge >= 0.3 is 11.9 Å². The molecule has 0 saturated carbocycles. The molecular formula is C14H14N2O6. The number of rotatable bonds is 6. The first kappa shape index (κ1) is 15.5. The summed E-state index contributed by atoms with van der Waals surface area (Å²) in [5, 5.41) is 7.33. The third kappa shape index (κ3) is 4.89. The molecule has 2 rings (SSSR count). The molecule has 0 atom stereocenters. The van der Waals surface area contributed by atoms with Crippen LogP contribution in [0.1, 0.15) is 22.9 Å². The molecule has 116 valence electrons. The van der Waals surface area contributed by atoms with Gasteiger partial charge < -0.3 is 18.5 Å². The van der Waals surface area contributed by atoms with Gasteiger partial charge in [-0.05, 0) is 13.8 Å². The van der Waals surface area contributed by atoms with Crippen LogP contribution in [0.25, 0.3) is 0 Å². The first-order valence-corrected chi connectivity index (χ1v) is 6.39. The molecule has 0 saturated heterocycles. The molecule has 8 nitrogen and oxygen atoms in total. The predicted molar refractivity (Wildman–Crippen MR) is 71.2 cm³/mol. The maximum Gasteiger partial charge on any atom is 0.331 e. The summed E-state index contributed by atoms with van der Waals surface area (Å²) in [6, 6.07) is 3.29. The zero-order valence-corrected chi connectivity index (χ0v) is 12.1. The Morgan fingerprint density at radius 1 is 0.955 bits per heavy atom. The molecule has 2 aromatic rings. The average molecular weight is 306 g/mol. The van der Waals surface area contributed by atoms with Gasteiger partial charge in [0.25, 0.3) is 0 Å². The highest BCUT2D eigenvalue weighted by molar-refractivity contribution is 5.91. The van der Waals surface area contributed by atoms with Crippen LogP contribution in [0.4, 0.5) is 0 Å². The predicted octanol–water partition coefficient (Wildman–Crippen LogP) is 1.62. The minimum Gasteiger partial charge on any atom is -0.456 e. The van der Waals surface area contributed by atoms with Gasteiger partial charge in [-0.3, -0.25) is 0 Å². The van der Waals surface area contributed by atoms with Crippen molar-refractivity contribution in [1.29, 1.82) is 0 Å². The van der Waals surface area contributed by atoms with Crippen molar-refractivity contribution >= 4 is 11.9 Å². The van der Waals surface area contributed by atoms with Crippen LogP contribution in [0, 0.1) is 13.8 Å². The summed E-state index contributed by atoms with van der Waals surface area (Å²) >= 11 is 0. The summed E-state index contributed by atoms with van der Waals surface area (Å²) in [6.45, 7) is 3.39. The SMILES string of the molecule is Cc1cc(COC(=O)/C=C/C(=O)OCc2cc(C)on2)no1. The zero-order valence-electron chi connectivity index (χ0n) is 12.1. The maximum atomic E-state index is 11.4. The van der Waals surface area contributed by atoms with Gasteiger partial charge in [-0.25, -0.2) is 9.59 Å². The van der Waals surface area contributed by atoms with E-state index in [1.165, 1.54) is 0 Å². The van der Waals surface area contributed by atoms with Crippen molar-refractivity contribution in [2.45, 2.75) is 27.1 Å². The van der Waals surface area contributed by atoms with Gasteiger partial charge in [-0.2, -0.15) is 0 Å². The number of carbonyl (C=O) groups excluding carboxylic acids is 2. The maximum absolute atomic E-state index is 11.4. The molecule has 0 aliphatic heterocycles. The first-order valence-electron chi connectivity index (χ1n) is 6.39. The van der Waals surface area contributed by atoms with Crippen molar-refractivity contribution < 1.29 is 28.1 Å². The van der Waals surface area contributed by atoms with Crippen molar-refractivity contribution in [3.8, 4) is 0 Å². The van der Waals surface area contributed by atoms with Crippen LogP contribution in [0.3, 0.4) is 0 Å². The Balaban J connectivity index is 1.70. The minimum atomic E-state index is -0.685. The molecule has 0 unspecified atom stereocenters. The largest absolute Gasteiger partial charge is 0.456 e. The standard InChI is InChI=1S/C14H14N2O6/c1-9-5-11(15-21-9)7-19-13(17)3-4-14(18)20-8-12-6-10(2)22-16-12/h3-6H,7-8H2,1-2H3/b4-3+. The smallest absolute Gasteiger partial charge is 0.331 e. The van der Waals surface area contributed by atoms with E-state index in [9.17, 15) is 9.59 Å². The van der Waals surface area contributed by atoms with Crippen molar-refractivity contribution in [3.05, 3.63) is 47.2 Å². The van der Waals surface area contributed by atoms with Gasteiger partial charge in [-0.1, -0.05) is 10.3 Å². The molecule has 0 aromatic carbocycles. The van der Waals surface area contributed by atoms with E-state index in [1.54, 1.807) is 26.0 Å². The summed E-state index contributed by atoms with van der Waals surface area (Å²) in [4.78, 5) is 22.8. The average Bonchev–Trinajstić information content (AvgIpc) is 3.09. The van der Waals surface area contributed by atoms with E-state index >= 15 is 0 Å². The van der Waals surface area contributed by atoms with Gasteiger partial charge in [0, 0.05) is 24.3 Å². The lowest BCUT2D eigenvalue weighted by Gasteiger charge is -1.98. The molecular weight excluding hydrogens is 292 g/mol. The normalized spacial score (nSPS) is 10.8. The van der Waals surface area contributed by atoms with Crippen LogP contribution in [-0.4, -0.2) is 22.3 Å². The third-order valence-electron chi connectivity index (χ3n) is 2.43. The molecule has 2 aromatic heterocycles. The Bertz CT molecular complexity index is 627. The summed E-state index contributed by atoms with van der Waals surface area (Å²) in [7, 11) is 0. The summed E-state index contributed by atoms with van der Waals surface area (Å²) in [5.74, 6) is -0.133. The van der Waals surface area contributed by atoms with Gasteiger partial charge in [0.2, 0.25) is 0 Å². The van der Waals surface area contributed by atoms with Gasteiger partial charge in [-0.15, -0.1) is 0 Å². The molecule has 0 aliphatic carbocycles. The van der Waals surface area contributed by atoms with Crippen LogP contribution in [0.2, 0.25) is 0 Å². The number of ether oxygens (including phenoxy) is 2. The molecule has 0 amide bonds. The number of hydrogen-bond acceptors (Lipinski definition) is 8. The molecule has 0 bridgehead atoms. The topological polar surface area (TPSA) is 105 Å². The summed E-state index contributed by atoms with van der Waals surface area (Å²) < 4.78 is 19.4. The number of aryl methyl sites for hydroxylation is 2. The van der Waals surface area contributed by atoms with Gasteiger partial charge in [0.15, 0.2) is 0 Å². The van der Waals surface area contributed by atoms with Gasteiger partial charge in [0.05, 0.1) is 0 Å². The zero-order chi connectivity index (χ0) is 15.9. The number of carbonyl (C=O) groups is 2. The fraction of sp³-hybridized carbons (Fsp3) is 0.286. The Labute approximate surface area is 125 Å². The van der Waals surface area contributed by atoms with Crippen LogP contribution in [-0.2, 0) is 32.3 Å². The molecule has 0 spiro atoms. The number of hydrogen-bond donors (Lipinski definition) is 0. The van der Waals surface area contributed by atoms with E-state index in [4.69, 9.17) is 18.5 Å². The minimum absolute atomic E-state index is 0.0340. The summed E-state index contributed by atoms with van der Waals surface area (Å²) in [5.41, 5.74) is 0.978. The van der Waals surface area contributed by atoms with Crippen LogP contribution in [0.15, 0.2) is 33.3 Å². The van der Waals surface area contributed by atoms with Crippen molar-refractivity contribution in [1.82, 2.24) is 10.3 Å². The molecule has 0 radical (unpaired) electrons. The van der Waals surface area contributed by atoms with E-state index in [-0.39, 0.29) is 13.2 Å². The van der Waals surface area contributed by atoms with Gasteiger partial charge in [0.1, 0.15) is 36.1 Å². The van der Waals surface area contributed by atoms with Crippen molar-refractivity contribution in [3.63, 3.8) is 0 Å². The highest BCUT2D eigenvalue weighted by atomic mass is 16.5. The van der Waals surface area contributed by atoms with E-state index in [2.05, 4.69) is 10.3 Å². The molecule has 8 heteroatoms. The Kier molecular flexibility index (Phi) is 5.07. The number of aromatic nitrogens is 2. The van der Waals surface area contributed by atoms with Crippen molar-refractivity contribution in [2.75, 3.05) is 0 Å². The fourth-order valence-electron chi connectivity index (χ4n) is 1.49. The second-order valence-corrected chi connectivity index (χ2v) is 4.41. The lowest BCUT2D eigenvalue weighted by atomic mass is 10.4. The Hall–Kier alpha value is -2.90. The lowest BCUT2D eigenvalue weighted by molar-refractivity contribution is -0.141. The number of esters is 2. The molecule has 0 aliphatic rings. The first-order chi connectivity index (χ1) is 10.5. The van der Waals surface area contributed by atoms with E-state index in [0.717, 1.165) is 12.2 Å². The van der Waals surface area contributed by atoms with Crippen LogP contribution in [0.5, 0.6) is 0 Å². The lowest BCUT2D eigenvalue weighted by Crippen LogP contribution is -2.05. The Morgan fingerprint density at radius 3 is 1.68 bits per heavy atom. The highest BCUT2D eigenvalue weighted by Gasteiger charge is 2.06. The highest BCUT2D eigenvalue weighted by Crippen LogP contribution is 2.04. The monoisotopic (exact) mass is 306 g/mol. The number of nitrogens with zero attached hydrogens (tertiary/aromatic N) is 2. The molecule has 2 heterocycles. The second kappa shape index (κ2) is 7.21. The quantitative estimate of drug-likeness (QED) is 0.585. The van der Waals surface area contributed by atoms with E-state index in [1.807, 2.05) is 0 Å². The van der Waals surface area contributed by atoms with E-state index in [0.29, 0.717) is 22.9 Å². The molecule has 0 fully saturated rings. The summed E-state index contributed by atoms with van der Waals surface area (Å²) in [6.07, 6.45) is 1.95. The third-order valence-corrected chi connectivity index (χ3v) is 2.43. The van der Waals surface area contributed by atoms with Crippen LogP contribution >= 0.6 is 0 Å². The van der Waals surface area contributed by atoms with E-state index < -0.39 is 11.9 Å².